The van der Waals surface area contributed by atoms with Crippen molar-refractivity contribution in [3.05, 3.63) is 109 Å². The molecule has 0 bridgehead atoms. The molecule has 0 saturated carbocycles. The molecule has 0 amide bonds. The van der Waals surface area contributed by atoms with Crippen molar-refractivity contribution in [1.82, 2.24) is 0 Å². The first-order chi connectivity index (χ1) is 13.8. The van der Waals surface area contributed by atoms with Crippen molar-refractivity contribution < 1.29 is 0 Å². The molecule has 0 atom stereocenters. The third kappa shape index (κ3) is 2.91. The van der Waals surface area contributed by atoms with Gasteiger partial charge in [0.05, 0.1) is 0 Å². The molecule has 1 heteroatoms. The van der Waals surface area contributed by atoms with Crippen molar-refractivity contribution in [3.63, 3.8) is 0 Å². The maximum atomic E-state index is 2.28. The number of hydrogen-bond donors (Lipinski definition) is 0. The topological polar surface area (TPSA) is 3.24 Å². The molecule has 0 spiro atoms. The zero-order valence-corrected chi connectivity index (χ0v) is 15.8. The quantitative estimate of drug-likeness (QED) is 0.324. The number of benzene rings is 5. The smallest absolute Gasteiger partial charge is 0.0487 e. The standard InChI is InChI=1S/C27H21N/c1-28(25-16-14-21-10-5-6-11-22(21)19-25)27-13-7-12-24-18-23(15-17-26(24)27)20-8-3-2-4-9-20/h2-19H,1H3. The van der Waals surface area contributed by atoms with Crippen LogP contribution in [0.4, 0.5) is 11.4 Å². The van der Waals surface area contributed by atoms with Gasteiger partial charge < -0.3 is 4.90 Å². The molecular weight excluding hydrogens is 338 g/mol. The van der Waals surface area contributed by atoms with Crippen LogP contribution in [0.3, 0.4) is 0 Å². The van der Waals surface area contributed by atoms with E-state index in [1.807, 2.05) is 0 Å². The molecule has 1 nitrogen and oxygen atoms in total. The minimum Gasteiger partial charge on any atom is -0.344 e. The van der Waals surface area contributed by atoms with E-state index < -0.39 is 0 Å². The molecule has 5 aromatic carbocycles. The van der Waals surface area contributed by atoms with E-state index in [1.54, 1.807) is 0 Å². The third-order valence-electron chi connectivity index (χ3n) is 5.45. The molecule has 0 aliphatic carbocycles. The van der Waals surface area contributed by atoms with Gasteiger partial charge in [-0.25, -0.2) is 0 Å². The van der Waals surface area contributed by atoms with E-state index in [0.29, 0.717) is 0 Å². The Morgan fingerprint density at radius 1 is 0.500 bits per heavy atom. The molecular formula is C27H21N. The van der Waals surface area contributed by atoms with Crippen LogP contribution in [0.5, 0.6) is 0 Å². The minimum atomic E-state index is 1.19. The minimum absolute atomic E-state index is 1.19. The van der Waals surface area contributed by atoms with Gasteiger partial charge in [-0.2, -0.15) is 0 Å². The molecule has 0 aliphatic rings. The Bertz CT molecular complexity index is 1270. The predicted molar refractivity (Wildman–Crippen MR) is 121 cm³/mol. The Morgan fingerprint density at radius 3 is 2.11 bits per heavy atom. The maximum Gasteiger partial charge on any atom is 0.0487 e. The van der Waals surface area contributed by atoms with Crippen LogP contribution in [-0.2, 0) is 0 Å². The van der Waals surface area contributed by atoms with Gasteiger partial charge in [-0.15, -0.1) is 0 Å². The zero-order chi connectivity index (χ0) is 18.9. The van der Waals surface area contributed by atoms with Gasteiger partial charge in [-0.3, -0.25) is 0 Å². The lowest BCUT2D eigenvalue weighted by Crippen LogP contribution is -2.09. The second kappa shape index (κ2) is 6.86. The molecule has 5 rings (SSSR count). The van der Waals surface area contributed by atoms with E-state index in [-0.39, 0.29) is 0 Å². The first-order valence-electron chi connectivity index (χ1n) is 9.60. The van der Waals surface area contributed by atoms with E-state index in [2.05, 4.69) is 121 Å². The van der Waals surface area contributed by atoms with E-state index in [1.165, 1.54) is 44.0 Å². The molecule has 0 radical (unpaired) electrons. The van der Waals surface area contributed by atoms with E-state index >= 15 is 0 Å². The van der Waals surface area contributed by atoms with Crippen LogP contribution in [-0.4, -0.2) is 7.05 Å². The normalized spacial score (nSPS) is 11.0. The molecule has 28 heavy (non-hydrogen) atoms. The van der Waals surface area contributed by atoms with Crippen molar-refractivity contribution in [1.29, 1.82) is 0 Å². The lowest BCUT2D eigenvalue weighted by Gasteiger charge is -2.22. The van der Waals surface area contributed by atoms with Gasteiger partial charge in [0, 0.05) is 23.8 Å². The molecule has 5 aromatic rings. The van der Waals surface area contributed by atoms with Gasteiger partial charge >= 0.3 is 0 Å². The first kappa shape index (κ1) is 16.6. The summed E-state index contributed by atoms with van der Waals surface area (Å²) < 4.78 is 0. The first-order valence-corrected chi connectivity index (χ1v) is 9.60. The fourth-order valence-corrected chi connectivity index (χ4v) is 3.89. The highest BCUT2D eigenvalue weighted by molar-refractivity contribution is 5.99. The second-order valence-electron chi connectivity index (χ2n) is 7.17. The summed E-state index contributed by atoms with van der Waals surface area (Å²) >= 11 is 0. The molecule has 0 fully saturated rings. The summed E-state index contributed by atoms with van der Waals surface area (Å²) in [5.74, 6) is 0. The molecule has 0 N–H and O–H groups in total. The summed E-state index contributed by atoms with van der Waals surface area (Å²) in [4.78, 5) is 2.27. The Morgan fingerprint density at radius 2 is 1.25 bits per heavy atom. The predicted octanol–water partition coefficient (Wildman–Crippen LogP) is 7.43. The number of hydrogen-bond acceptors (Lipinski definition) is 1. The van der Waals surface area contributed by atoms with Crippen molar-refractivity contribution in [2.75, 3.05) is 11.9 Å². The molecule has 0 aliphatic heterocycles. The average molecular weight is 359 g/mol. The molecule has 0 saturated heterocycles. The highest BCUT2D eigenvalue weighted by Crippen LogP contribution is 2.34. The van der Waals surface area contributed by atoms with Crippen molar-refractivity contribution in [2.24, 2.45) is 0 Å². The number of anilines is 2. The van der Waals surface area contributed by atoms with Crippen LogP contribution in [0.1, 0.15) is 0 Å². The van der Waals surface area contributed by atoms with Gasteiger partial charge in [0.2, 0.25) is 0 Å². The maximum absolute atomic E-state index is 2.28. The van der Waals surface area contributed by atoms with E-state index in [9.17, 15) is 0 Å². The van der Waals surface area contributed by atoms with Crippen molar-refractivity contribution in [3.8, 4) is 11.1 Å². The summed E-state index contributed by atoms with van der Waals surface area (Å²) in [6.07, 6.45) is 0. The van der Waals surface area contributed by atoms with Crippen LogP contribution in [0, 0.1) is 0 Å². The second-order valence-corrected chi connectivity index (χ2v) is 7.17. The van der Waals surface area contributed by atoms with Gasteiger partial charge in [0.25, 0.3) is 0 Å². The van der Waals surface area contributed by atoms with Gasteiger partial charge in [0.1, 0.15) is 0 Å². The van der Waals surface area contributed by atoms with Crippen molar-refractivity contribution in [2.45, 2.75) is 0 Å². The molecule has 0 unspecified atom stereocenters. The number of rotatable bonds is 3. The summed E-state index contributed by atoms with van der Waals surface area (Å²) in [5.41, 5.74) is 4.90. The van der Waals surface area contributed by atoms with Crippen LogP contribution < -0.4 is 4.90 Å². The molecule has 134 valence electrons. The zero-order valence-electron chi connectivity index (χ0n) is 15.8. The Labute approximate surface area is 165 Å². The third-order valence-corrected chi connectivity index (χ3v) is 5.45. The number of fused-ring (bicyclic) bond motifs is 2. The van der Waals surface area contributed by atoms with E-state index in [4.69, 9.17) is 0 Å². The Kier molecular flexibility index (Phi) is 4.06. The fourth-order valence-electron chi connectivity index (χ4n) is 3.89. The fraction of sp³-hybridized carbons (Fsp3) is 0.0370. The number of nitrogens with zero attached hydrogens (tertiary/aromatic N) is 1. The average Bonchev–Trinajstić information content (AvgIpc) is 2.78. The highest BCUT2D eigenvalue weighted by atomic mass is 15.1. The van der Waals surface area contributed by atoms with Crippen LogP contribution in [0.2, 0.25) is 0 Å². The van der Waals surface area contributed by atoms with E-state index in [0.717, 1.165) is 0 Å². The Hall–Kier alpha value is -3.58. The van der Waals surface area contributed by atoms with Gasteiger partial charge in [0.15, 0.2) is 0 Å². The summed E-state index contributed by atoms with van der Waals surface area (Å²) in [6.45, 7) is 0. The monoisotopic (exact) mass is 359 g/mol. The lowest BCUT2D eigenvalue weighted by atomic mass is 10.00. The van der Waals surface area contributed by atoms with Gasteiger partial charge in [-0.1, -0.05) is 84.9 Å². The highest BCUT2D eigenvalue weighted by Gasteiger charge is 2.10. The molecule has 0 heterocycles. The van der Waals surface area contributed by atoms with Gasteiger partial charge in [-0.05, 0) is 51.6 Å². The van der Waals surface area contributed by atoms with Crippen molar-refractivity contribution >= 4 is 32.9 Å². The SMILES string of the molecule is CN(c1ccc2ccccc2c1)c1cccc2cc(-c3ccccc3)ccc12. The van der Waals surface area contributed by atoms with Crippen LogP contribution in [0.15, 0.2) is 109 Å². The lowest BCUT2D eigenvalue weighted by molar-refractivity contribution is 1.23. The van der Waals surface area contributed by atoms with Crippen LogP contribution in [0.25, 0.3) is 32.7 Å². The molecule has 0 aromatic heterocycles. The van der Waals surface area contributed by atoms with Crippen LogP contribution >= 0.6 is 0 Å². The summed E-state index contributed by atoms with van der Waals surface area (Å²) in [6, 6.07) is 39.0. The Balaban J connectivity index is 1.59. The summed E-state index contributed by atoms with van der Waals surface area (Å²) in [5, 5.41) is 5.05. The summed E-state index contributed by atoms with van der Waals surface area (Å²) in [7, 11) is 2.14. The largest absolute Gasteiger partial charge is 0.344 e.